The smallest absolute Gasteiger partial charge is 0.0198 e. The summed E-state index contributed by atoms with van der Waals surface area (Å²) < 4.78 is 0. The predicted octanol–water partition coefficient (Wildman–Crippen LogP) is 5.33. The van der Waals surface area contributed by atoms with Gasteiger partial charge in [-0.3, -0.25) is 5.09 Å². The minimum atomic E-state index is 0.571. The molecule has 0 aromatic heterocycles. The summed E-state index contributed by atoms with van der Waals surface area (Å²) in [5.74, 6) is 0.571. The fourth-order valence-electron chi connectivity index (χ4n) is 3.29. The summed E-state index contributed by atoms with van der Waals surface area (Å²) in [5, 5.41) is 3.17. The summed E-state index contributed by atoms with van der Waals surface area (Å²) in [6.07, 6.45) is 2.78. The molecule has 136 valence electrons. The summed E-state index contributed by atoms with van der Waals surface area (Å²) in [7, 11) is 2.57. The Morgan fingerprint density at radius 3 is 2.12 bits per heavy atom. The molecule has 2 aromatic carbocycles. The van der Waals surface area contributed by atoms with Gasteiger partial charge in [0.1, 0.15) is 0 Å². The fraction of sp³-hybridized carbons (Fsp3) is 0.455. The lowest BCUT2D eigenvalue weighted by Gasteiger charge is -2.18. The Morgan fingerprint density at radius 1 is 0.920 bits per heavy atom. The van der Waals surface area contributed by atoms with Crippen molar-refractivity contribution in [3.8, 4) is 11.1 Å². The van der Waals surface area contributed by atoms with Crippen LogP contribution in [0.3, 0.4) is 0 Å². The van der Waals surface area contributed by atoms with E-state index in [0.29, 0.717) is 12.0 Å². The third-order valence-electron chi connectivity index (χ3n) is 4.68. The number of rotatable bonds is 5. The first-order chi connectivity index (χ1) is 12.1. The highest BCUT2D eigenvalue weighted by Crippen LogP contribution is 2.28. The maximum absolute atomic E-state index is 3.17. The lowest BCUT2D eigenvalue weighted by Crippen LogP contribution is -2.33. The van der Waals surface area contributed by atoms with E-state index < -0.39 is 0 Å². The number of nitrogens with one attached hydrogen (secondary N) is 1. The van der Waals surface area contributed by atoms with Gasteiger partial charge in [0.25, 0.3) is 0 Å². The van der Waals surface area contributed by atoms with Gasteiger partial charge in [0.15, 0.2) is 0 Å². The molecule has 1 aliphatic heterocycles. The Kier molecular flexibility index (Phi) is 8.61. The number of likely N-dealkylation sites (tertiary alicyclic amines) is 1. The minimum absolute atomic E-state index is 0.571. The van der Waals surface area contributed by atoms with Crippen LogP contribution in [-0.4, -0.2) is 30.6 Å². The van der Waals surface area contributed by atoms with Gasteiger partial charge in [-0.2, -0.15) is 0 Å². The molecule has 2 nitrogen and oxygen atoms in total. The fourth-order valence-corrected chi connectivity index (χ4v) is 3.39. The van der Waals surface area contributed by atoms with E-state index in [2.05, 4.69) is 94.7 Å². The molecule has 0 amide bonds. The summed E-state index contributed by atoms with van der Waals surface area (Å²) in [5.41, 5.74) is 4.08. The Hall–Kier alpha value is -1.21. The number of hydrogen-bond donors (Lipinski definition) is 1. The largest absolute Gasteiger partial charge is 0.302 e. The molecule has 0 saturated carbocycles. The molecule has 2 aromatic rings. The summed E-state index contributed by atoms with van der Waals surface area (Å²) in [4.78, 5) is 2.52. The summed E-state index contributed by atoms with van der Waals surface area (Å²) >= 11 is 0. The molecule has 1 unspecified atom stereocenters. The van der Waals surface area contributed by atoms with E-state index in [1.807, 2.05) is 0 Å². The van der Waals surface area contributed by atoms with Gasteiger partial charge in [-0.05, 0) is 55.5 Å². The number of nitrogens with zero attached hydrogens (tertiary/aromatic N) is 1. The van der Waals surface area contributed by atoms with E-state index in [4.69, 9.17) is 0 Å². The van der Waals surface area contributed by atoms with Crippen LogP contribution in [0.4, 0.5) is 0 Å². The van der Waals surface area contributed by atoms with Crippen molar-refractivity contribution in [3.63, 3.8) is 0 Å². The molecule has 0 radical (unpaired) electrons. The van der Waals surface area contributed by atoms with Crippen LogP contribution >= 0.6 is 9.39 Å². The van der Waals surface area contributed by atoms with Crippen molar-refractivity contribution in [2.45, 2.75) is 45.6 Å². The second kappa shape index (κ2) is 10.7. The molecule has 1 N–H and O–H groups in total. The molecule has 1 aliphatic rings. The Morgan fingerprint density at radius 2 is 1.52 bits per heavy atom. The van der Waals surface area contributed by atoms with Gasteiger partial charge in [0.05, 0.1) is 0 Å². The van der Waals surface area contributed by atoms with Crippen LogP contribution in [-0.2, 0) is 0 Å². The number of benzene rings is 2. The van der Waals surface area contributed by atoms with E-state index >= 15 is 0 Å². The third-order valence-corrected chi connectivity index (χ3v) is 5.25. The predicted molar refractivity (Wildman–Crippen MR) is 114 cm³/mol. The highest BCUT2D eigenvalue weighted by Gasteiger charge is 2.12. The van der Waals surface area contributed by atoms with Crippen molar-refractivity contribution in [2.24, 2.45) is 0 Å². The second-order valence-corrected chi connectivity index (χ2v) is 7.52. The highest BCUT2D eigenvalue weighted by molar-refractivity contribution is 7.13. The van der Waals surface area contributed by atoms with Crippen molar-refractivity contribution in [2.75, 3.05) is 19.6 Å². The maximum atomic E-state index is 3.17. The van der Waals surface area contributed by atoms with Crippen molar-refractivity contribution in [1.29, 1.82) is 0 Å². The van der Waals surface area contributed by atoms with Crippen molar-refractivity contribution < 1.29 is 0 Å². The van der Waals surface area contributed by atoms with Crippen molar-refractivity contribution in [3.05, 3.63) is 60.2 Å². The van der Waals surface area contributed by atoms with E-state index in [1.165, 1.54) is 49.2 Å². The van der Waals surface area contributed by atoms with E-state index in [9.17, 15) is 0 Å². The zero-order chi connectivity index (χ0) is 18.1. The molecule has 0 aliphatic carbocycles. The minimum Gasteiger partial charge on any atom is -0.302 e. The molecule has 1 heterocycles. The Bertz CT molecular complexity index is 606. The molecular formula is C22H33N2P. The van der Waals surface area contributed by atoms with Crippen LogP contribution in [0.1, 0.15) is 45.1 Å². The quantitative estimate of drug-likeness (QED) is 0.729. The second-order valence-electron chi connectivity index (χ2n) is 7.18. The van der Waals surface area contributed by atoms with Gasteiger partial charge in [-0.25, -0.2) is 0 Å². The van der Waals surface area contributed by atoms with Gasteiger partial charge in [-0.15, -0.1) is 0 Å². The normalized spacial score (nSPS) is 15.7. The average Bonchev–Trinajstić information content (AvgIpc) is 3.16. The topological polar surface area (TPSA) is 15.3 Å². The summed E-state index contributed by atoms with van der Waals surface area (Å²) in [6.45, 7) is 10.5. The first kappa shape index (κ1) is 20.1. The maximum Gasteiger partial charge on any atom is 0.0198 e. The SMILES string of the molecule is CC(C)c1ccccc1-c1ccccc1.C[C@@H](CN1CCCC1)NP. The van der Waals surface area contributed by atoms with E-state index in [0.717, 1.165) is 0 Å². The van der Waals surface area contributed by atoms with Crippen molar-refractivity contribution >= 4 is 9.39 Å². The molecule has 0 bridgehead atoms. The molecule has 2 atom stereocenters. The molecule has 1 saturated heterocycles. The number of hydrogen-bond acceptors (Lipinski definition) is 2. The summed E-state index contributed by atoms with van der Waals surface area (Å²) in [6, 6.07) is 19.8. The molecular weight excluding hydrogens is 323 g/mol. The van der Waals surface area contributed by atoms with Crippen LogP contribution < -0.4 is 5.09 Å². The molecule has 0 spiro atoms. The average molecular weight is 356 g/mol. The van der Waals surface area contributed by atoms with Gasteiger partial charge >= 0.3 is 0 Å². The lowest BCUT2D eigenvalue weighted by molar-refractivity contribution is 0.315. The molecule has 3 heteroatoms. The van der Waals surface area contributed by atoms with Crippen molar-refractivity contribution in [1.82, 2.24) is 9.99 Å². The monoisotopic (exact) mass is 356 g/mol. The van der Waals surface area contributed by atoms with Crippen LogP contribution in [0.5, 0.6) is 0 Å². The lowest BCUT2D eigenvalue weighted by atomic mass is 9.93. The third kappa shape index (κ3) is 6.55. The van der Waals surface area contributed by atoms with Crippen LogP contribution in [0.15, 0.2) is 54.6 Å². The Balaban J connectivity index is 0.000000196. The molecule has 1 fully saturated rings. The van der Waals surface area contributed by atoms with Crippen LogP contribution in [0.2, 0.25) is 0 Å². The van der Waals surface area contributed by atoms with E-state index in [-0.39, 0.29) is 0 Å². The molecule has 3 rings (SSSR count). The van der Waals surface area contributed by atoms with Gasteiger partial charge < -0.3 is 4.90 Å². The zero-order valence-electron chi connectivity index (χ0n) is 15.9. The molecule has 25 heavy (non-hydrogen) atoms. The standard InChI is InChI=1S/C15H16.C7H17N2P/c1-12(2)14-10-6-7-11-15(14)13-8-4-3-5-9-13;1-7(8-10)6-9-4-2-3-5-9/h3-12H,1-2H3;7-8H,2-6,10H2,1H3/t;7-/m.0/s1. The zero-order valence-corrected chi connectivity index (χ0v) is 17.1. The first-order valence-electron chi connectivity index (χ1n) is 9.44. The van der Waals surface area contributed by atoms with E-state index in [1.54, 1.807) is 0 Å². The Labute approximate surface area is 156 Å². The van der Waals surface area contributed by atoms with Gasteiger partial charge in [-0.1, -0.05) is 77.8 Å². The van der Waals surface area contributed by atoms with Crippen LogP contribution in [0, 0.1) is 0 Å². The van der Waals surface area contributed by atoms with Crippen LogP contribution in [0.25, 0.3) is 11.1 Å². The van der Waals surface area contributed by atoms with Gasteiger partial charge in [0, 0.05) is 12.6 Å². The van der Waals surface area contributed by atoms with Gasteiger partial charge in [0.2, 0.25) is 0 Å². The highest BCUT2D eigenvalue weighted by atomic mass is 31.0. The first-order valence-corrected chi connectivity index (χ1v) is 10.0.